The summed E-state index contributed by atoms with van der Waals surface area (Å²) in [7, 11) is -3.53. The average Bonchev–Trinajstić information content (AvgIpc) is 3.46. The maximum absolute atomic E-state index is 4.47. The Kier molecular flexibility index (Phi) is 8.65. The minimum atomic E-state index is -1.80. The van der Waals surface area contributed by atoms with Crippen molar-refractivity contribution in [2.45, 2.75) is 31.7 Å². The molecule has 7 rings (SSSR count). The van der Waals surface area contributed by atoms with Gasteiger partial charge in [0, 0.05) is 22.6 Å². The summed E-state index contributed by atoms with van der Waals surface area (Å²) in [6.07, 6.45) is 3.69. The first kappa shape index (κ1) is 31.5. The van der Waals surface area contributed by atoms with Crippen molar-refractivity contribution in [1.29, 1.82) is 0 Å². The van der Waals surface area contributed by atoms with Crippen molar-refractivity contribution in [2.75, 3.05) is 4.90 Å². The zero-order chi connectivity index (χ0) is 33.1. The van der Waals surface area contributed by atoms with E-state index >= 15 is 0 Å². The maximum atomic E-state index is 4.47. The Labute approximate surface area is 286 Å². The molecule has 0 spiro atoms. The monoisotopic (exact) mass is 655 g/mol. The quantitative estimate of drug-likeness (QED) is 0.0865. The highest BCUT2D eigenvalue weighted by atomic mass is 29.3. The third-order valence-corrected chi connectivity index (χ3v) is 28.9. The van der Waals surface area contributed by atoms with Crippen LogP contribution in [0.25, 0.3) is 11.1 Å². The van der Waals surface area contributed by atoms with Crippen LogP contribution in [-0.2, 0) is 0 Å². The number of nitrogens with zero attached hydrogens (tertiary/aromatic N) is 3. The number of hydrogen-bond donors (Lipinski definition) is 0. The Hall–Kier alpha value is -5.11. The highest BCUT2D eigenvalue weighted by Crippen LogP contribution is 2.51. The second-order valence-electron chi connectivity index (χ2n) is 13.7. The number of para-hydroxylation sites is 2. The zero-order valence-electron chi connectivity index (χ0n) is 28.1. The Morgan fingerprint density at radius 3 is 1.58 bits per heavy atom. The van der Waals surface area contributed by atoms with Gasteiger partial charge in [0.05, 0.1) is 27.6 Å². The first-order valence-electron chi connectivity index (χ1n) is 16.7. The molecule has 1 aliphatic carbocycles. The molecule has 0 aromatic heterocycles. The lowest BCUT2D eigenvalue weighted by atomic mass is 10.0. The van der Waals surface area contributed by atoms with Crippen LogP contribution in [-0.4, -0.2) is 27.6 Å². The summed E-state index contributed by atoms with van der Waals surface area (Å²) in [5.41, 5.74) is 11.5. The van der Waals surface area contributed by atoms with E-state index in [1.165, 1.54) is 22.3 Å². The smallest absolute Gasteiger partial charge is 0.0749 e. The summed E-state index contributed by atoms with van der Waals surface area (Å²) in [5.74, 6) is 0. The van der Waals surface area contributed by atoms with Gasteiger partial charge < -0.3 is 4.90 Å². The molecule has 0 fully saturated rings. The summed E-state index contributed by atoms with van der Waals surface area (Å²) in [6.45, 7) is 10.4. The second-order valence-corrected chi connectivity index (χ2v) is 29.1. The van der Waals surface area contributed by atoms with Crippen LogP contribution < -0.4 is 10.1 Å². The maximum Gasteiger partial charge on any atom is 0.0749 e. The summed E-state index contributed by atoms with van der Waals surface area (Å²) in [6, 6.07) is 56.5. The van der Waals surface area contributed by atoms with Gasteiger partial charge >= 0.3 is 0 Å². The first-order chi connectivity index (χ1) is 23.3. The van der Waals surface area contributed by atoms with E-state index in [4.69, 9.17) is 0 Å². The van der Waals surface area contributed by atoms with Gasteiger partial charge in [-0.05, 0) is 75.8 Å². The zero-order valence-corrected chi connectivity index (χ0v) is 30.1. The Morgan fingerprint density at radius 1 is 0.479 bits per heavy atom. The Morgan fingerprint density at radius 2 is 0.958 bits per heavy atom. The van der Waals surface area contributed by atoms with Gasteiger partial charge in [-0.1, -0.05) is 147 Å². The average molecular weight is 656 g/mol. The molecule has 0 radical (unpaired) electrons. The van der Waals surface area contributed by atoms with Crippen LogP contribution in [0.3, 0.4) is 0 Å². The van der Waals surface area contributed by atoms with Crippen LogP contribution in [0.2, 0.25) is 26.2 Å². The summed E-state index contributed by atoms with van der Waals surface area (Å²) < 4.78 is 0. The van der Waals surface area contributed by atoms with Crippen LogP contribution >= 0.6 is 0 Å². The largest absolute Gasteiger partial charge is 0.311 e. The van der Waals surface area contributed by atoms with Gasteiger partial charge in [-0.15, -0.1) is 0 Å². The third-order valence-electron chi connectivity index (χ3n) is 10.4. The van der Waals surface area contributed by atoms with Crippen LogP contribution in [0.5, 0.6) is 0 Å². The second kappa shape index (κ2) is 13.2. The lowest BCUT2D eigenvalue weighted by Gasteiger charge is -2.44. The van der Waals surface area contributed by atoms with Gasteiger partial charge in [0.2, 0.25) is 0 Å². The predicted molar refractivity (Wildman–Crippen MR) is 211 cm³/mol. The van der Waals surface area contributed by atoms with Crippen molar-refractivity contribution in [1.82, 2.24) is 0 Å². The summed E-state index contributed by atoms with van der Waals surface area (Å²) in [4.78, 5) is 2.25. The lowest BCUT2D eigenvalue weighted by Crippen LogP contribution is -2.65. The molecule has 0 amide bonds. The fraction of sp³-hybridized carbons (Fsp3) is 0.116. The SMILES string of the molecule is C[Si](C)(c1ccccc1)[Si](C)(C)C1c2ccccc2-c2cc(/C=N\N=C/c3ccc(N(c4ccccc4)c4ccccc4)cc3)ccc21. The van der Waals surface area contributed by atoms with E-state index in [1.54, 1.807) is 5.19 Å². The molecule has 6 aromatic carbocycles. The van der Waals surface area contributed by atoms with E-state index in [0.29, 0.717) is 5.54 Å². The molecule has 3 nitrogen and oxygen atoms in total. The van der Waals surface area contributed by atoms with Crippen molar-refractivity contribution in [3.63, 3.8) is 0 Å². The molecule has 5 heteroatoms. The fourth-order valence-electron chi connectivity index (χ4n) is 7.18. The van der Waals surface area contributed by atoms with Crippen LogP contribution in [0.1, 0.15) is 27.8 Å². The molecule has 0 saturated carbocycles. The number of anilines is 3. The Bertz CT molecular complexity index is 2030. The van der Waals surface area contributed by atoms with Crippen molar-refractivity contribution >= 4 is 49.9 Å². The van der Waals surface area contributed by atoms with Gasteiger partial charge in [-0.25, -0.2) is 0 Å². The molecule has 0 N–H and O–H groups in total. The molecule has 48 heavy (non-hydrogen) atoms. The van der Waals surface area contributed by atoms with Gasteiger partial charge in [-0.3, -0.25) is 0 Å². The first-order valence-corrected chi connectivity index (χ1v) is 23.8. The molecule has 1 unspecified atom stereocenters. The lowest BCUT2D eigenvalue weighted by molar-refractivity contribution is 1.14. The molecule has 236 valence electrons. The van der Waals surface area contributed by atoms with E-state index < -0.39 is 15.2 Å². The standard InChI is InChI=1S/C43H41N3Si2/c1-47(2,38-20-12-7-13-21-38)48(3,4)43-40-23-15-14-22-39(40)42-30-34(26-29-41(42)43)32-45-44-31-33-24-27-37(28-25-33)46(35-16-8-5-9-17-35)36-18-10-6-11-19-36/h5-32,43H,1-4H3/b44-31-,45-32-. The number of hydrogen-bond acceptors (Lipinski definition) is 3. The highest BCUT2D eigenvalue weighted by Gasteiger charge is 2.51. The molecule has 0 aliphatic heterocycles. The molecular formula is C43H41N3Si2. The molecule has 1 aliphatic rings. The van der Waals surface area contributed by atoms with Crippen molar-refractivity contribution in [2.24, 2.45) is 10.2 Å². The third kappa shape index (κ3) is 5.92. The number of benzene rings is 6. The summed E-state index contributed by atoms with van der Waals surface area (Å²) in [5, 5.41) is 10.5. The van der Waals surface area contributed by atoms with Gasteiger partial charge in [0.1, 0.15) is 0 Å². The summed E-state index contributed by atoms with van der Waals surface area (Å²) >= 11 is 0. The topological polar surface area (TPSA) is 28.0 Å². The van der Waals surface area contributed by atoms with E-state index in [9.17, 15) is 0 Å². The van der Waals surface area contributed by atoms with Crippen molar-refractivity contribution in [3.05, 3.63) is 180 Å². The molecule has 6 aromatic rings. The van der Waals surface area contributed by atoms with Gasteiger partial charge in [0.15, 0.2) is 0 Å². The number of rotatable bonds is 9. The van der Waals surface area contributed by atoms with Crippen molar-refractivity contribution < 1.29 is 0 Å². The minimum Gasteiger partial charge on any atom is -0.311 e. The van der Waals surface area contributed by atoms with Crippen molar-refractivity contribution in [3.8, 4) is 11.1 Å². The minimum absolute atomic E-state index is 0.470. The van der Waals surface area contributed by atoms with E-state index in [0.717, 1.165) is 28.2 Å². The van der Waals surface area contributed by atoms with Gasteiger partial charge in [-0.2, -0.15) is 10.2 Å². The van der Waals surface area contributed by atoms with Crippen LogP contribution in [0, 0.1) is 0 Å². The fourth-order valence-corrected chi connectivity index (χ4v) is 17.6. The number of fused-ring (bicyclic) bond motifs is 3. The highest BCUT2D eigenvalue weighted by molar-refractivity contribution is 7.46. The molecule has 0 saturated heterocycles. The van der Waals surface area contributed by atoms with E-state index in [-0.39, 0.29) is 0 Å². The normalized spacial score (nSPS) is 14.3. The Balaban J connectivity index is 1.12. The molecule has 0 bridgehead atoms. The van der Waals surface area contributed by atoms with E-state index in [1.807, 2.05) is 24.6 Å². The molecule has 0 heterocycles. The predicted octanol–water partition coefficient (Wildman–Crippen LogP) is 10.7. The van der Waals surface area contributed by atoms with Crippen LogP contribution in [0.4, 0.5) is 17.1 Å². The van der Waals surface area contributed by atoms with Crippen LogP contribution in [0.15, 0.2) is 168 Å². The molecule has 1 atom stereocenters. The van der Waals surface area contributed by atoms with Gasteiger partial charge in [0.25, 0.3) is 0 Å². The van der Waals surface area contributed by atoms with E-state index in [2.05, 4.69) is 187 Å². The molecular weight excluding hydrogens is 615 g/mol.